The topological polar surface area (TPSA) is 111 Å². The van der Waals surface area contributed by atoms with E-state index in [1.165, 1.54) is 35.3 Å². The molecule has 3 heterocycles. The van der Waals surface area contributed by atoms with E-state index in [1.54, 1.807) is 24.3 Å². The van der Waals surface area contributed by atoms with Crippen LogP contribution < -0.4 is 5.69 Å². The Morgan fingerprint density at radius 2 is 1.83 bits per heavy atom. The van der Waals surface area contributed by atoms with Crippen LogP contribution in [0, 0.1) is 0 Å². The number of aliphatic hydroxyl groups excluding tert-OH is 1. The number of para-hydroxylation sites is 1. The maximum atomic E-state index is 13.5. The quantitative estimate of drug-likeness (QED) is 0.350. The number of rotatable bonds is 7. The van der Waals surface area contributed by atoms with Gasteiger partial charge in [-0.05, 0) is 63.1 Å². The fourth-order valence-electron chi connectivity index (χ4n) is 4.90. The Morgan fingerprint density at radius 1 is 1.12 bits per heavy atom. The number of carbonyl (C=O) groups excluding carboxylic acids is 1. The third-order valence-electron chi connectivity index (χ3n) is 7.12. The average molecular weight is 590 g/mol. The largest absolute Gasteiger partial charge is 0.416 e. The van der Waals surface area contributed by atoms with Crippen molar-refractivity contribution in [1.29, 1.82) is 0 Å². The molecule has 0 spiro atoms. The second-order valence-corrected chi connectivity index (χ2v) is 10.9. The van der Waals surface area contributed by atoms with Crippen LogP contribution in [0.5, 0.6) is 0 Å². The van der Waals surface area contributed by atoms with Crippen molar-refractivity contribution >= 4 is 17.5 Å². The van der Waals surface area contributed by atoms with Crippen molar-refractivity contribution < 1.29 is 23.1 Å². The molecule has 1 saturated heterocycles. The summed E-state index contributed by atoms with van der Waals surface area (Å²) in [6.45, 7) is 3.38. The number of nitrogens with zero attached hydrogens (tertiary/aromatic N) is 7. The summed E-state index contributed by atoms with van der Waals surface area (Å²) < 4.78 is 42.5. The second-order valence-electron chi connectivity index (χ2n) is 10.4. The van der Waals surface area contributed by atoms with Crippen LogP contribution in [0.3, 0.4) is 0 Å². The Bertz CT molecular complexity index is 1630. The van der Waals surface area contributed by atoms with Gasteiger partial charge >= 0.3 is 11.9 Å². The van der Waals surface area contributed by atoms with Crippen LogP contribution in [0.2, 0.25) is 5.02 Å². The molecule has 14 heteroatoms. The summed E-state index contributed by atoms with van der Waals surface area (Å²) in [6.07, 6.45) is -4.52. The maximum absolute atomic E-state index is 13.5. The number of carbonyl (C=O) groups is 1. The van der Waals surface area contributed by atoms with Crippen molar-refractivity contribution in [3.05, 3.63) is 81.8 Å². The molecule has 1 N–H and O–H groups in total. The third-order valence-corrected chi connectivity index (χ3v) is 7.37. The van der Waals surface area contributed by atoms with Crippen LogP contribution in [0.15, 0.2) is 59.7 Å². The lowest BCUT2D eigenvalue weighted by Gasteiger charge is -2.32. The number of likely N-dealkylation sites (tertiary alicyclic amines) is 1. The molecule has 2 aromatic carbocycles. The van der Waals surface area contributed by atoms with Gasteiger partial charge < -0.3 is 10.0 Å². The highest BCUT2D eigenvalue weighted by Gasteiger charge is 2.39. The Labute approximate surface area is 237 Å². The van der Waals surface area contributed by atoms with Crippen molar-refractivity contribution in [1.82, 2.24) is 34.0 Å². The van der Waals surface area contributed by atoms with Gasteiger partial charge in [-0.1, -0.05) is 23.7 Å². The summed E-state index contributed by atoms with van der Waals surface area (Å²) in [6, 6.07) is 13.0. The summed E-state index contributed by atoms with van der Waals surface area (Å²) in [7, 11) is 0. The Kier molecular flexibility index (Phi) is 7.51. The number of hydrogen-bond donors (Lipinski definition) is 1. The molecule has 1 aliphatic rings. The van der Waals surface area contributed by atoms with Crippen LogP contribution in [-0.2, 0) is 13.1 Å². The van der Waals surface area contributed by atoms with Crippen LogP contribution >= 0.6 is 11.6 Å². The molecule has 0 saturated carbocycles. The van der Waals surface area contributed by atoms with Crippen LogP contribution in [0.25, 0.3) is 17.1 Å². The second kappa shape index (κ2) is 10.8. The molecule has 1 fully saturated rings. The standard InChI is InChI=1S/C27H27ClF3N7O3/c1-26(2)12-5-13-36(26)24(40)19-6-3-4-7-20(19)38-16-32-22(33-38)15-37-25(41)35(14-21(39)27(29,30)31)23(34-37)17-8-10-18(28)11-9-17/h3-4,6-11,16,21,39H,5,12-15H2,1-2H3. The molecule has 0 aliphatic carbocycles. The summed E-state index contributed by atoms with van der Waals surface area (Å²) >= 11 is 5.94. The van der Waals surface area contributed by atoms with Gasteiger partial charge in [-0.3, -0.25) is 9.36 Å². The molecular weight excluding hydrogens is 563 g/mol. The van der Waals surface area contributed by atoms with Gasteiger partial charge in [-0.15, -0.1) is 10.2 Å². The lowest BCUT2D eigenvalue weighted by Crippen LogP contribution is -2.43. The molecule has 1 atom stereocenters. The lowest BCUT2D eigenvalue weighted by molar-refractivity contribution is -0.207. The zero-order valence-electron chi connectivity index (χ0n) is 22.2. The van der Waals surface area contributed by atoms with Gasteiger partial charge in [0.2, 0.25) is 0 Å². The highest BCUT2D eigenvalue weighted by Crippen LogP contribution is 2.31. The molecule has 10 nitrogen and oxygen atoms in total. The normalized spacial score (nSPS) is 15.8. The highest BCUT2D eigenvalue weighted by molar-refractivity contribution is 6.30. The maximum Gasteiger partial charge on any atom is 0.416 e. The van der Waals surface area contributed by atoms with E-state index >= 15 is 0 Å². The van der Waals surface area contributed by atoms with E-state index in [9.17, 15) is 27.9 Å². The average Bonchev–Trinajstić information content (AvgIpc) is 3.62. The molecule has 0 bridgehead atoms. The van der Waals surface area contributed by atoms with Crippen molar-refractivity contribution in [3.8, 4) is 17.1 Å². The minimum Gasteiger partial charge on any atom is -0.382 e. The molecular formula is C27H27ClF3N7O3. The molecule has 4 aromatic rings. The monoisotopic (exact) mass is 589 g/mol. The van der Waals surface area contributed by atoms with Crippen LogP contribution in [0.4, 0.5) is 13.2 Å². The molecule has 41 heavy (non-hydrogen) atoms. The zero-order chi connectivity index (χ0) is 29.5. The molecule has 1 aliphatic heterocycles. The minimum atomic E-state index is -4.94. The van der Waals surface area contributed by atoms with Crippen molar-refractivity contribution in [2.75, 3.05) is 6.54 Å². The number of benzene rings is 2. The highest BCUT2D eigenvalue weighted by atomic mass is 35.5. The summed E-state index contributed by atoms with van der Waals surface area (Å²) in [4.78, 5) is 32.7. The third kappa shape index (κ3) is 5.77. The van der Waals surface area contributed by atoms with E-state index in [4.69, 9.17) is 11.6 Å². The van der Waals surface area contributed by atoms with Gasteiger partial charge in [-0.2, -0.15) is 13.2 Å². The number of alkyl halides is 3. The molecule has 216 valence electrons. The number of amides is 1. The Balaban J connectivity index is 1.47. The smallest absolute Gasteiger partial charge is 0.382 e. The molecule has 0 radical (unpaired) electrons. The van der Waals surface area contributed by atoms with Gasteiger partial charge in [0.25, 0.3) is 5.91 Å². The van der Waals surface area contributed by atoms with Crippen molar-refractivity contribution in [2.24, 2.45) is 0 Å². The van der Waals surface area contributed by atoms with Crippen LogP contribution in [0.1, 0.15) is 42.9 Å². The number of halogens is 4. The van der Waals surface area contributed by atoms with E-state index in [2.05, 4.69) is 15.2 Å². The predicted molar refractivity (Wildman–Crippen MR) is 144 cm³/mol. The number of aliphatic hydroxyl groups is 1. The van der Waals surface area contributed by atoms with E-state index in [-0.39, 0.29) is 29.6 Å². The summed E-state index contributed by atoms with van der Waals surface area (Å²) in [5, 5.41) is 18.7. The van der Waals surface area contributed by atoms with Gasteiger partial charge in [0.05, 0.1) is 17.8 Å². The van der Waals surface area contributed by atoms with Crippen molar-refractivity contribution in [3.63, 3.8) is 0 Å². The fourth-order valence-corrected chi connectivity index (χ4v) is 5.03. The molecule has 5 rings (SSSR count). The first-order valence-corrected chi connectivity index (χ1v) is 13.2. The Hall–Kier alpha value is -3.97. The summed E-state index contributed by atoms with van der Waals surface area (Å²) in [5.41, 5.74) is 0.0921. The predicted octanol–water partition coefficient (Wildman–Crippen LogP) is 3.93. The van der Waals surface area contributed by atoms with Gasteiger partial charge in [-0.25, -0.2) is 19.1 Å². The summed E-state index contributed by atoms with van der Waals surface area (Å²) in [5.74, 6) is -0.0796. The number of aromatic nitrogens is 6. The molecule has 1 unspecified atom stereocenters. The molecule has 2 aromatic heterocycles. The van der Waals surface area contributed by atoms with E-state index in [1.807, 2.05) is 18.7 Å². The SMILES string of the molecule is CC1(C)CCCN1C(=O)c1ccccc1-n1cnc(Cn2nc(-c3ccc(Cl)cc3)n(CC(O)C(F)(F)F)c2=O)n1. The van der Waals surface area contributed by atoms with Gasteiger partial charge in [0.15, 0.2) is 17.8 Å². The van der Waals surface area contributed by atoms with E-state index < -0.39 is 24.5 Å². The first-order valence-electron chi connectivity index (χ1n) is 12.9. The van der Waals surface area contributed by atoms with Crippen LogP contribution in [-0.4, -0.2) is 69.4 Å². The van der Waals surface area contributed by atoms with Gasteiger partial charge in [0.1, 0.15) is 12.9 Å². The van der Waals surface area contributed by atoms with E-state index in [0.717, 1.165) is 22.1 Å². The minimum absolute atomic E-state index is 0.0847. The fraction of sp³-hybridized carbons (Fsp3) is 0.370. The molecule has 1 amide bonds. The zero-order valence-corrected chi connectivity index (χ0v) is 23.0. The van der Waals surface area contributed by atoms with Crippen molar-refractivity contribution in [2.45, 2.75) is 57.6 Å². The lowest BCUT2D eigenvalue weighted by atomic mass is 10.0. The first kappa shape index (κ1) is 28.6. The van der Waals surface area contributed by atoms with E-state index in [0.29, 0.717) is 28.4 Å². The number of hydrogen-bond acceptors (Lipinski definition) is 6. The van der Waals surface area contributed by atoms with Gasteiger partial charge in [0, 0.05) is 22.7 Å². The first-order chi connectivity index (χ1) is 19.3. The Morgan fingerprint density at radius 3 is 2.49 bits per heavy atom.